The van der Waals surface area contributed by atoms with Crippen molar-refractivity contribution in [2.45, 2.75) is 30.5 Å². The van der Waals surface area contributed by atoms with Crippen molar-refractivity contribution < 1.29 is 21.6 Å². The lowest BCUT2D eigenvalue weighted by Crippen LogP contribution is -2.27. The van der Waals surface area contributed by atoms with Crippen molar-refractivity contribution in [3.63, 3.8) is 0 Å². The number of aromatic nitrogens is 2. The van der Waals surface area contributed by atoms with Gasteiger partial charge in [-0.15, -0.1) is 0 Å². The topological polar surface area (TPSA) is 76.0 Å². The summed E-state index contributed by atoms with van der Waals surface area (Å²) in [6.45, 7) is 0.599. The van der Waals surface area contributed by atoms with E-state index in [1.165, 1.54) is 10.9 Å². The van der Waals surface area contributed by atoms with E-state index >= 15 is 0 Å². The second kappa shape index (κ2) is 7.04. The Hall–Kier alpha value is -1.13. The zero-order valence-corrected chi connectivity index (χ0v) is 11.8. The molecule has 0 aliphatic heterocycles. The molecule has 1 aromatic heterocycles. The van der Waals surface area contributed by atoms with Crippen LogP contribution in [0.3, 0.4) is 0 Å². The van der Waals surface area contributed by atoms with E-state index in [0.717, 1.165) is 19.2 Å². The first-order valence-electron chi connectivity index (χ1n) is 5.98. The minimum atomic E-state index is -4.39. The molecule has 1 rings (SSSR count). The van der Waals surface area contributed by atoms with Gasteiger partial charge in [0.2, 0.25) is 10.0 Å². The molecular weight excluding hydrogens is 297 g/mol. The Morgan fingerprint density at radius 3 is 2.65 bits per heavy atom. The Labute approximate surface area is 115 Å². The van der Waals surface area contributed by atoms with Crippen molar-refractivity contribution >= 4 is 10.0 Å². The molecule has 1 heterocycles. The largest absolute Gasteiger partial charge is 0.390 e. The lowest BCUT2D eigenvalue weighted by molar-refractivity contribution is -0.132. The van der Waals surface area contributed by atoms with Crippen LogP contribution in [0.15, 0.2) is 17.3 Å². The maximum atomic E-state index is 12.0. The van der Waals surface area contributed by atoms with Crippen molar-refractivity contribution in [1.29, 1.82) is 0 Å². The predicted molar refractivity (Wildman–Crippen MR) is 66.6 cm³/mol. The number of halogens is 3. The number of aryl methyl sites for hydroxylation is 1. The standard InChI is InChI=1S/C10H17F3N4O2S/c1-14-4-2-6-17-8-9(7-15-17)20(18,19)16-5-3-10(11,12)13/h7-8,14,16H,2-6H2,1H3. The minimum absolute atomic E-state index is 0.135. The number of alkyl halides is 3. The number of nitrogens with zero attached hydrogens (tertiary/aromatic N) is 2. The van der Waals surface area contributed by atoms with E-state index in [-0.39, 0.29) is 4.90 Å². The van der Waals surface area contributed by atoms with Crippen LogP contribution in [0.2, 0.25) is 0 Å². The fraction of sp³-hybridized carbons (Fsp3) is 0.700. The van der Waals surface area contributed by atoms with Gasteiger partial charge in [0.15, 0.2) is 0 Å². The van der Waals surface area contributed by atoms with Gasteiger partial charge in [0, 0.05) is 19.3 Å². The fourth-order valence-corrected chi connectivity index (χ4v) is 2.42. The third kappa shape index (κ3) is 5.88. The van der Waals surface area contributed by atoms with Crippen LogP contribution < -0.4 is 10.0 Å². The van der Waals surface area contributed by atoms with Gasteiger partial charge >= 0.3 is 6.18 Å². The van der Waals surface area contributed by atoms with Crippen LogP contribution in [0.4, 0.5) is 13.2 Å². The molecule has 0 aromatic carbocycles. The summed E-state index contributed by atoms with van der Waals surface area (Å²) in [5.74, 6) is 0. The number of hydrogen-bond donors (Lipinski definition) is 2. The van der Waals surface area contributed by atoms with Crippen LogP contribution in [-0.4, -0.2) is 44.5 Å². The second-order valence-corrected chi connectivity index (χ2v) is 5.93. The number of rotatable bonds is 8. The number of nitrogens with one attached hydrogen (secondary N) is 2. The maximum absolute atomic E-state index is 12.0. The summed E-state index contributed by atoms with van der Waals surface area (Å²) < 4.78 is 62.6. The van der Waals surface area contributed by atoms with E-state index in [1.807, 2.05) is 4.72 Å². The highest BCUT2D eigenvalue weighted by Crippen LogP contribution is 2.18. The lowest BCUT2D eigenvalue weighted by Gasteiger charge is -2.07. The van der Waals surface area contributed by atoms with Crippen molar-refractivity contribution in [2.75, 3.05) is 20.1 Å². The highest BCUT2D eigenvalue weighted by atomic mass is 32.2. The number of hydrogen-bond acceptors (Lipinski definition) is 4. The molecule has 0 bridgehead atoms. The molecule has 0 aliphatic carbocycles. The van der Waals surface area contributed by atoms with Crippen molar-refractivity contribution in [2.24, 2.45) is 0 Å². The molecule has 0 radical (unpaired) electrons. The summed E-state index contributed by atoms with van der Waals surface area (Å²) in [7, 11) is -2.15. The predicted octanol–water partition coefficient (Wildman–Crippen LogP) is 0.723. The van der Waals surface area contributed by atoms with Crippen LogP contribution in [0.1, 0.15) is 12.8 Å². The van der Waals surface area contributed by atoms with Crippen LogP contribution >= 0.6 is 0 Å². The summed E-state index contributed by atoms with van der Waals surface area (Å²) in [4.78, 5) is -0.135. The Morgan fingerprint density at radius 2 is 2.05 bits per heavy atom. The molecule has 0 amide bonds. The van der Waals surface area contributed by atoms with E-state index in [0.29, 0.717) is 6.54 Å². The average Bonchev–Trinajstić information content (AvgIpc) is 2.77. The zero-order valence-electron chi connectivity index (χ0n) is 10.9. The lowest BCUT2D eigenvalue weighted by atomic mass is 10.4. The van der Waals surface area contributed by atoms with E-state index in [4.69, 9.17) is 0 Å². The Kier molecular flexibility index (Phi) is 5.96. The molecule has 0 saturated carbocycles. The fourth-order valence-electron chi connectivity index (χ4n) is 1.43. The first kappa shape index (κ1) is 16.9. The highest BCUT2D eigenvalue weighted by Gasteiger charge is 2.27. The molecule has 0 unspecified atom stereocenters. The van der Waals surface area contributed by atoms with Gasteiger partial charge in [0.05, 0.1) is 12.6 Å². The van der Waals surface area contributed by atoms with Crippen LogP contribution in [-0.2, 0) is 16.6 Å². The minimum Gasteiger partial charge on any atom is -0.320 e. The summed E-state index contributed by atoms with van der Waals surface area (Å²) in [5.41, 5.74) is 0. The van der Waals surface area contributed by atoms with Gasteiger partial charge in [-0.3, -0.25) is 4.68 Å². The summed E-state index contributed by atoms with van der Waals surface area (Å²) >= 11 is 0. The highest BCUT2D eigenvalue weighted by molar-refractivity contribution is 7.89. The van der Waals surface area contributed by atoms with Gasteiger partial charge in [-0.25, -0.2) is 13.1 Å². The zero-order chi connectivity index (χ0) is 15.2. The van der Waals surface area contributed by atoms with Gasteiger partial charge in [0.1, 0.15) is 4.90 Å². The van der Waals surface area contributed by atoms with E-state index < -0.39 is 29.2 Å². The SMILES string of the molecule is CNCCCn1cc(S(=O)(=O)NCCC(F)(F)F)cn1. The first-order chi connectivity index (χ1) is 9.24. The van der Waals surface area contributed by atoms with Gasteiger partial charge in [0.25, 0.3) is 0 Å². The molecule has 0 fully saturated rings. The second-order valence-electron chi connectivity index (χ2n) is 4.16. The molecule has 2 N–H and O–H groups in total. The summed E-state index contributed by atoms with van der Waals surface area (Å²) in [6.07, 6.45) is -2.41. The van der Waals surface area contributed by atoms with Crippen LogP contribution in [0.5, 0.6) is 0 Å². The van der Waals surface area contributed by atoms with Crippen molar-refractivity contribution in [1.82, 2.24) is 19.8 Å². The first-order valence-corrected chi connectivity index (χ1v) is 7.46. The monoisotopic (exact) mass is 314 g/mol. The molecule has 0 atom stereocenters. The van der Waals surface area contributed by atoms with Crippen molar-refractivity contribution in [3.05, 3.63) is 12.4 Å². The smallest absolute Gasteiger partial charge is 0.320 e. The molecule has 20 heavy (non-hydrogen) atoms. The maximum Gasteiger partial charge on any atom is 0.390 e. The molecule has 10 heteroatoms. The Balaban J connectivity index is 2.55. The van der Waals surface area contributed by atoms with Gasteiger partial charge in [-0.2, -0.15) is 18.3 Å². The molecule has 116 valence electrons. The molecule has 0 spiro atoms. The molecule has 1 aromatic rings. The van der Waals surface area contributed by atoms with Gasteiger partial charge in [-0.05, 0) is 20.0 Å². The molecule has 6 nitrogen and oxygen atoms in total. The Bertz CT molecular complexity index is 513. The third-order valence-corrected chi connectivity index (χ3v) is 3.85. The van der Waals surface area contributed by atoms with E-state index in [1.54, 1.807) is 7.05 Å². The molecule has 0 aliphatic rings. The van der Waals surface area contributed by atoms with E-state index in [9.17, 15) is 21.6 Å². The van der Waals surface area contributed by atoms with Crippen LogP contribution in [0, 0.1) is 0 Å². The normalized spacial score (nSPS) is 12.8. The summed E-state index contributed by atoms with van der Waals surface area (Å²) in [5, 5.41) is 6.80. The average molecular weight is 314 g/mol. The molecular formula is C10H17F3N4O2S. The Morgan fingerprint density at radius 1 is 1.35 bits per heavy atom. The quantitative estimate of drug-likeness (QED) is 0.694. The summed E-state index contributed by atoms with van der Waals surface area (Å²) in [6, 6.07) is 0. The van der Waals surface area contributed by atoms with E-state index in [2.05, 4.69) is 10.4 Å². The van der Waals surface area contributed by atoms with Crippen LogP contribution in [0.25, 0.3) is 0 Å². The van der Waals surface area contributed by atoms with Crippen molar-refractivity contribution in [3.8, 4) is 0 Å². The third-order valence-electron chi connectivity index (χ3n) is 2.43. The molecule has 0 saturated heterocycles. The van der Waals surface area contributed by atoms with Gasteiger partial charge < -0.3 is 5.32 Å². The van der Waals surface area contributed by atoms with Gasteiger partial charge in [-0.1, -0.05) is 0 Å². The number of sulfonamides is 1.